The second-order valence-corrected chi connectivity index (χ2v) is 5.78. The number of hydrogen-bond acceptors (Lipinski definition) is 4. The number of pyridine rings is 1. The molecule has 116 valence electrons. The first-order chi connectivity index (χ1) is 11.2. The molecule has 1 aliphatic heterocycles. The summed E-state index contributed by atoms with van der Waals surface area (Å²) in [6, 6.07) is 12.7. The number of hydrogen-bond donors (Lipinski definition) is 1. The molecule has 3 rings (SSSR count). The lowest BCUT2D eigenvalue weighted by Crippen LogP contribution is -2.32. The number of likely N-dealkylation sites (tertiary alicyclic amines) is 1. The van der Waals surface area contributed by atoms with Gasteiger partial charge in [-0.1, -0.05) is 23.7 Å². The SMILES string of the molecule is N#Cc1cccc(Cl)c1NC1CCN(C(=O)c2ccccn2)C1. The van der Waals surface area contributed by atoms with Crippen LogP contribution in [0.4, 0.5) is 5.69 Å². The van der Waals surface area contributed by atoms with Gasteiger partial charge < -0.3 is 10.2 Å². The van der Waals surface area contributed by atoms with Crippen molar-refractivity contribution in [1.29, 1.82) is 5.26 Å². The van der Waals surface area contributed by atoms with Gasteiger partial charge in [0.2, 0.25) is 0 Å². The molecule has 1 N–H and O–H groups in total. The van der Waals surface area contributed by atoms with Crippen molar-refractivity contribution in [2.75, 3.05) is 18.4 Å². The van der Waals surface area contributed by atoms with Crippen LogP contribution in [-0.2, 0) is 0 Å². The number of nitrogens with one attached hydrogen (secondary N) is 1. The highest BCUT2D eigenvalue weighted by Crippen LogP contribution is 2.28. The van der Waals surface area contributed by atoms with Crippen LogP contribution in [0.2, 0.25) is 5.02 Å². The van der Waals surface area contributed by atoms with E-state index in [-0.39, 0.29) is 11.9 Å². The lowest BCUT2D eigenvalue weighted by atomic mass is 10.1. The summed E-state index contributed by atoms with van der Waals surface area (Å²) in [5.41, 5.74) is 1.59. The first-order valence-electron chi connectivity index (χ1n) is 7.34. The van der Waals surface area contributed by atoms with Gasteiger partial charge in [-0.3, -0.25) is 9.78 Å². The Morgan fingerprint density at radius 3 is 2.96 bits per heavy atom. The molecule has 23 heavy (non-hydrogen) atoms. The molecule has 1 amide bonds. The zero-order chi connectivity index (χ0) is 16.2. The van der Waals surface area contributed by atoms with Crippen LogP contribution in [0.25, 0.3) is 0 Å². The summed E-state index contributed by atoms with van der Waals surface area (Å²) in [5.74, 6) is -0.0745. The van der Waals surface area contributed by atoms with Crippen LogP contribution in [0, 0.1) is 11.3 Å². The molecule has 0 aliphatic carbocycles. The molecule has 1 unspecified atom stereocenters. The quantitative estimate of drug-likeness (QED) is 0.941. The monoisotopic (exact) mass is 326 g/mol. The molecular formula is C17H15ClN4O. The molecular weight excluding hydrogens is 312 g/mol. The molecule has 1 fully saturated rings. The number of anilines is 1. The number of rotatable bonds is 3. The van der Waals surface area contributed by atoms with Crippen molar-refractivity contribution in [2.45, 2.75) is 12.5 Å². The summed E-state index contributed by atoms with van der Waals surface area (Å²) in [4.78, 5) is 18.3. The summed E-state index contributed by atoms with van der Waals surface area (Å²) in [6.07, 6.45) is 2.41. The number of aromatic nitrogens is 1. The fourth-order valence-corrected chi connectivity index (χ4v) is 2.91. The fourth-order valence-electron chi connectivity index (χ4n) is 2.68. The van der Waals surface area contributed by atoms with Gasteiger partial charge in [-0.15, -0.1) is 0 Å². The van der Waals surface area contributed by atoms with E-state index < -0.39 is 0 Å². The predicted molar refractivity (Wildman–Crippen MR) is 88.3 cm³/mol. The smallest absolute Gasteiger partial charge is 0.272 e. The molecule has 5 nitrogen and oxygen atoms in total. The fraction of sp³-hybridized carbons (Fsp3) is 0.235. The van der Waals surface area contributed by atoms with Crippen molar-refractivity contribution in [3.05, 3.63) is 58.9 Å². The normalized spacial score (nSPS) is 16.9. The average molecular weight is 327 g/mol. The van der Waals surface area contributed by atoms with Crippen molar-refractivity contribution < 1.29 is 4.79 Å². The van der Waals surface area contributed by atoms with E-state index in [2.05, 4.69) is 16.4 Å². The van der Waals surface area contributed by atoms with Gasteiger partial charge in [0.05, 0.1) is 16.3 Å². The van der Waals surface area contributed by atoms with Crippen LogP contribution in [0.15, 0.2) is 42.6 Å². The van der Waals surface area contributed by atoms with Crippen LogP contribution < -0.4 is 5.32 Å². The Morgan fingerprint density at radius 1 is 1.35 bits per heavy atom. The van der Waals surface area contributed by atoms with Crippen molar-refractivity contribution in [3.63, 3.8) is 0 Å². The molecule has 0 radical (unpaired) electrons. The van der Waals surface area contributed by atoms with Crippen LogP contribution in [0.5, 0.6) is 0 Å². The molecule has 1 aromatic heterocycles. The lowest BCUT2D eigenvalue weighted by Gasteiger charge is -2.18. The van der Waals surface area contributed by atoms with E-state index >= 15 is 0 Å². The second kappa shape index (κ2) is 6.67. The maximum atomic E-state index is 12.4. The maximum absolute atomic E-state index is 12.4. The lowest BCUT2D eigenvalue weighted by molar-refractivity contribution is 0.0786. The Bertz CT molecular complexity index is 757. The highest BCUT2D eigenvalue weighted by molar-refractivity contribution is 6.33. The number of benzene rings is 1. The molecule has 1 atom stereocenters. The van der Waals surface area contributed by atoms with Crippen molar-refractivity contribution in [2.24, 2.45) is 0 Å². The van der Waals surface area contributed by atoms with Gasteiger partial charge >= 0.3 is 0 Å². The molecule has 1 saturated heterocycles. The minimum Gasteiger partial charge on any atom is -0.378 e. The number of nitriles is 1. The Labute approximate surface area is 139 Å². The van der Waals surface area contributed by atoms with Gasteiger partial charge in [-0.2, -0.15) is 5.26 Å². The molecule has 6 heteroatoms. The third-order valence-corrected chi connectivity index (χ3v) is 4.16. The topological polar surface area (TPSA) is 69.0 Å². The number of para-hydroxylation sites is 1. The van der Waals surface area contributed by atoms with Gasteiger partial charge in [0.25, 0.3) is 5.91 Å². The van der Waals surface area contributed by atoms with Crippen molar-refractivity contribution in [1.82, 2.24) is 9.88 Å². The third-order valence-electron chi connectivity index (χ3n) is 3.84. The number of carbonyl (C=O) groups excluding carboxylic acids is 1. The van der Waals surface area contributed by atoms with Gasteiger partial charge in [0.15, 0.2) is 0 Å². The minimum atomic E-state index is -0.0745. The van der Waals surface area contributed by atoms with E-state index in [9.17, 15) is 10.1 Å². The third kappa shape index (κ3) is 3.27. The molecule has 1 aromatic carbocycles. The Kier molecular flexibility index (Phi) is 4.45. The van der Waals surface area contributed by atoms with Crippen LogP contribution in [0.1, 0.15) is 22.5 Å². The van der Waals surface area contributed by atoms with Crippen LogP contribution in [0.3, 0.4) is 0 Å². The highest BCUT2D eigenvalue weighted by Gasteiger charge is 2.28. The predicted octanol–water partition coefficient (Wildman–Crippen LogP) is 2.93. The number of amides is 1. The van der Waals surface area contributed by atoms with Gasteiger partial charge in [0.1, 0.15) is 11.8 Å². The van der Waals surface area contributed by atoms with E-state index in [0.29, 0.717) is 35.1 Å². The molecule has 2 aromatic rings. The first kappa shape index (κ1) is 15.3. The minimum absolute atomic E-state index is 0.0645. The second-order valence-electron chi connectivity index (χ2n) is 5.37. The molecule has 0 saturated carbocycles. The average Bonchev–Trinajstić information content (AvgIpc) is 3.05. The number of nitrogens with zero attached hydrogens (tertiary/aromatic N) is 3. The largest absolute Gasteiger partial charge is 0.378 e. The standard InChI is InChI=1S/C17H15ClN4O/c18-14-5-3-4-12(10-19)16(14)21-13-7-9-22(11-13)17(23)15-6-1-2-8-20-15/h1-6,8,13,21H,7,9,11H2. The van der Waals surface area contributed by atoms with Crippen molar-refractivity contribution >= 4 is 23.2 Å². The molecule has 0 spiro atoms. The zero-order valence-corrected chi connectivity index (χ0v) is 13.1. The Morgan fingerprint density at radius 2 is 2.22 bits per heavy atom. The molecule has 1 aliphatic rings. The van der Waals surface area contributed by atoms with E-state index in [4.69, 9.17) is 11.6 Å². The molecule has 0 bridgehead atoms. The summed E-state index contributed by atoms with van der Waals surface area (Å²) in [6.45, 7) is 1.21. The van der Waals surface area contributed by atoms with Gasteiger partial charge in [-0.05, 0) is 30.7 Å². The number of carbonyl (C=O) groups is 1. The zero-order valence-electron chi connectivity index (χ0n) is 12.4. The van der Waals surface area contributed by atoms with E-state index in [1.165, 1.54) is 0 Å². The van der Waals surface area contributed by atoms with E-state index in [1.54, 1.807) is 47.5 Å². The summed E-state index contributed by atoms with van der Waals surface area (Å²) in [7, 11) is 0. The summed E-state index contributed by atoms with van der Waals surface area (Å²) in [5, 5.41) is 13.0. The Hall–Kier alpha value is -2.58. The van der Waals surface area contributed by atoms with E-state index in [0.717, 1.165) is 6.42 Å². The van der Waals surface area contributed by atoms with Crippen LogP contribution >= 0.6 is 11.6 Å². The highest BCUT2D eigenvalue weighted by atomic mass is 35.5. The number of halogens is 1. The maximum Gasteiger partial charge on any atom is 0.272 e. The first-order valence-corrected chi connectivity index (χ1v) is 7.72. The van der Waals surface area contributed by atoms with Gasteiger partial charge in [-0.25, -0.2) is 0 Å². The summed E-state index contributed by atoms with van der Waals surface area (Å²) < 4.78 is 0. The summed E-state index contributed by atoms with van der Waals surface area (Å²) >= 11 is 6.18. The van der Waals surface area contributed by atoms with Gasteiger partial charge in [0, 0.05) is 25.3 Å². The Balaban J connectivity index is 1.70. The van der Waals surface area contributed by atoms with Crippen molar-refractivity contribution in [3.8, 4) is 6.07 Å². The van der Waals surface area contributed by atoms with Crippen LogP contribution in [-0.4, -0.2) is 34.9 Å². The molecule has 2 heterocycles. The van der Waals surface area contributed by atoms with E-state index in [1.807, 2.05) is 0 Å².